The highest BCUT2D eigenvalue weighted by Gasteiger charge is 2.63. The second-order valence-electron chi connectivity index (χ2n) is 17.4. The Balaban J connectivity index is 1.49. The molecular formula is C37H62O4S2. The molecule has 4 aliphatic rings. The fourth-order valence-corrected chi connectivity index (χ4v) is 12.5. The number of carbonyl (C=O) groups is 2. The van der Waals surface area contributed by atoms with Crippen LogP contribution in [0.1, 0.15) is 147 Å². The molecule has 6 heteroatoms. The fourth-order valence-electron chi connectivity index (χ4n) is 10.5. The molecule has 0 aromatic carbocycles. The molecule has 9 atom stereocenters. The Morgan fingerprint density at radius 2 is 1.56 bits per heavy atom. The lowest BCUT2D eigenvalue weighted by Crippen LogP contribution is -2.56. The Bertz CT molecular complexity index is 1090. The van der Waals surface area contributed by atoms with Crippen molar-refractivity contribution in [1.82, 2.24) is 0 Å². The standard InChI is InChI=1S/C37H62O4S2/c1-23(13-12-19-33(4,5)6)26-16-21-37(11)28-14-15-29-34(7,8)30(41-32(40)25(3)43-42-24(2)31(38)39)18-20-35(29,9)27(28)17-22-36(26,37)10/h23-26,29-30H,12-22H2,1-11H3,(H,38,39)/t23-,24?,25?,26-,29+,30?,35-,36-,37+/m1/s1. The Morgan fingerprint density at radius 1 is 0.907 bits per heavy atom. The molecule has 0 bridgehead atoms. The van der Waals surface area contributed by atoms with E-state index in [1.54, 1.807) is 12.5 Å². The molecular weight excluding hydrogens is 573 g/mol. The number of fused-ring (bicyclic) bond motifs is 4. The maximum atomic E-state index is 13.1. The monoisotopic (exact) mass is 634 g/mol. The molecule has 0 heterocycles. The molecule has 0 aromatic rings. The van der Waals surface area contributed by atoms with Gasteiger partial charge < -0.3 is 9.84 Å². The topological polar surface area (TPSA) is 63.6 Å². The third-order valence-electron chi connectivity index (χ3n) is 13.3. The second-order valence-corrected chi connectivity index (χ2v) is 20.3. The number of allylic oxidation sites excluding steroid dienone is 2. The first kappa shape index (κ1) is 35.2. The largest absolute Gasteiger partial charge is 0.480 e. The van der Waals surface area contributed by atoms with Gasteiger partial charge in [-0.25, -0.2) is 0 Å². The van der Waals surface area contributed by atoms with Crippen LogP contribution in [-0.4, -0.2) is 33.6 Å². The Morgan fingerprint density at radius 3 is 2.19 bits per heavy atom. The number of hydrogen-bond acceptors (Lipinski definition) is 5. The molecule has 4 rings (SSSR count). The van der Waals surface area contributed by atoms with Crippen LogP contribution in [0.2, 0.25) is 0 Å². The maximum absolute atomic E-state index is 13.1. The zero-order chi connectivity index (χ0) is 32.2. The fraction of sp³-hybridized carbons (Fsp3) is 0.892. The van der Waals surface area contributed by atoms with Gasteiger partial charge in [-0.05, 0) is 111 Å². The minimum Gasteiger partial charge on any atom is -0.480 e. The van der Waals surface area contributed by atoms with Crippen molar-refractivity contribution in [2.45, 2.75) is 163 Å². The number of carboxylic acid groups (broad SMARTS) is 1. The maximum Gasteiger partial charge on any atom is 0.319 e. The van der Waals surface area contributed by atoms with E-state index in [9.17, 15) is 14.7 Å². The van der Waals surface area contributed by atoms with Gasteiger partial charge in [-0.2, -0.15) is 0 Å². The first-order chi connectivity index (χ1) is 19.8. The van der Waals surface area contributed by atoms with Crippen LogP contribution < -0.4 is 0 Å². The van der Waals surface area contributed by atoms with E-state index in [1.165, 1.54) is 79.4 Å². The normalized spacial score (nSPS) is 37.5. The third-order valence-corrected chi connectivity index (χ3v) is 16.5. The smallest absolute Gasteiger partial charge is 0.319 e. The van der Waals surface area contributed by atoms with Crippen molar-refractivity contribution in [1.29, 1.82) is 0 Å². The number of esters is 1. The summed E-state index contributed by atoms with van der Waals surface area (Å²) in [6.07, 6.45) is 13.6. The van der Waals surface area contributed by atoms with Crippen molar-refractivity contribution in [3.63, 3.8) is 0 Å². The predicted molar refractivity (Wildman–Crippen MR) is 183 cm³/mol. The molecule has 0 radical (unpaired) electrons. The molecule has 1 N–H and O–H groups in total. The number of carbonyl (C=O) groups excluding carboxylic acids is 1. The summed E-state index contributed by atoms with van der Waals surface area (Å²) in [4.78, 5) is 24.3. The van der Waals surface area contributed by atoms with E-state index in [4.69, 9.17) is 4.74 Å². The van der Waals surface area contributed by atoms with Gasteiger partial charge >= 0.3 is 11.9 Å². The molecule has 0 amide bonds. The van der Waals surface area contributed by atoms with Crippen LogP contribution in [0.25, 0.3) is 0 Å². The average Bonchev–Trinajstić information content (AvgIpc) is 3.19. The van der Waals surface area contributed by atoms with Gasteiger partial charge in [0.25, 0.3) is 0 Å². The minimum absolute atomic E-state index is 0.0978. The summed E-state index contributed by atoms with van der Waals surface area (Å²) in [7, 11) is 2.55. The van der Waals surface area contributed by atoms with E-state index >= 15 is 0 Å². The number of aliphatic carboxylic acids is 1. The van der Waals surface area contributed by atoms with Gasteiger partial charge in [0.2, 0.25) is 0 Å². The van der Waals surface area contributed by atoms with Gasteiger partial charge in [0.1, 0.15) is 16.6 Å². The van der Waals surface area contributed by atoms with Crippen LogP contribution in [0.15, 0.2) is 11.1 Å². The lowest BCUT2D eigenvalue weighted by Gasteiger charge is -2.62. The second kappa shape index (κ2) is 12.5. The molecule has 2 saturated carbocycles. The van der Waals surface area contributed by atoms with Gasteiger partial charge in [0.15, 0.2) is 0 Å². The highest BCUT2D eigenvalue weighted by molar-refractivity contribution is 8.77. The lowest BCUT2D eigenvalue weighted by molar-refractivity contribution is -0.168. The van der Waals surface area contributed by atoms with Gasteiger partial charge in [-0.1, -0.05) is 108 Å². The molecule has 0 spiro atoms. The molecule has 246 valence electrons. The summed E-state index contributed by atoms with van der Waals surface area (Å²) < 4.78 is 6.25. The van der Waals surface area contributed by atoms with Gasteiger partial charge in [-0.15, -0.1) is 0 Å². The number of carboxylic acids is 1. The molecule has 3 unspecified atom stereocenters. The first-order valence-electron chi connectivity index (χ1n) is 17.3. The van der Waals surface area contributed by atoms with E-state index in [-0.39, 0.29) is 22.9 Å². The van der Waals surface area contributed by atoms with Crippen LogP contribution >= 0.6 is 21.6 Å². The zero-order valence-corrected chi connectivity index (χ0v) is 30.9. The number of ether oxygens (including phenoxy) is 1. The summed E-state index contributed by atoms with van der Waals surface area (Å²) in [6.45, 7) is 25.7. The SMILES string of the molecule is CC(SSC(C)C(=O)OC1CC[C@]2(C)C3=C(CC[C@H]2C1(C)C)[C@]1(C)CC[C@H]([C@H](C)CCCC(C)(C)C)[C@@]1(C)CC3)C(=O)O. The summed E-state index contributed by atoms with van der Waals surface area (Å²) >= 11 is 0. The van der Waals surface area contributed by atoms with Gasteiger partial charge in [0.05, 0.1) is 0 Å². The number of rotatable bonds is 10. The molecule has 0 aliphatic heterocycles. The number of hydrogen-bond donors (Lipinski definition) is 1. The van der Waals surface area contributed by atoms with Crippen LogP contribution in [-0.2, 0) is 14.3 Å². The van der Waals surface area contributed by atoms with E-state index in [0.717, 1.165) is 24.7 Å². The Hall–Kier alpha value is -0.620. The summed E-state index contributed by atoms with van der Waals surface area (Å²) in [5.74, 6) is 1.05. The third kappa shape index (κ3) is 6.50. The lowest BCUT2D eigenvalue weighted by atomic mass is 9.43. The summed E-state index contributed by atoms with van der Waals surface area (Å²) in [6, 6.07) is 0. The minimum atomic E-state index is -0.854. The molecule has 43 heavy (non-hydrogen) atoms. The van der Waals surface area contributed by atoms with E-state index in [2.05, 4.69) is 62.3 Å². The highest BCUT2D eigenvalue weighted by atomic mass is 33.1. The van der Waals surface area contributed by atoms with E-state index in [1.807, 2.05) is 12.5 Å². The van der Waals surface area contributed by atoms with Gasteiger partial charge in [0, 0.05) is 5.41 Å². The van der Waals surface area contributed by atoms with E-state index < -0.39 is 16.5 Å². The molecule has 4 nitrogen and oxygen atoms in total. The molecule has 0 aromatic heterocycles. The quantitative estimate of drug-likeness (QED) is 0.147. The average molecular weight is 635 g/mol. The summed E-state index contributed by atoms with van der Waals surface area (Å²) in [5.41, 5.74) is 4.80. The molecule has 0 saturated heterocycles. The molecule has 4 aliphatic carbocycles. The van der Waals surface area contributed by atoms with E-state index in [0.29, 0.717) is 22.2 Å². The van der Waals surface area contributed by atoms with Crippen molar-refractivity contribution >= 4 is 33.5 Å². The van der Waals surface area contributed by atoms with Crippen LogP contribution in [0.4, 0.5) is 0 Å². The van der Waals surface area contributed by atoms with Crippen LogP contribution in [0.5, 0.6) is 0 Å². The highest BCUT2D eigenvalue weighted by Crippen LogP contribution is 2.72. The molecule has 2 fully saturated rings. The Kier molecular flexibility index (Phi) is 10.3. The van der Waals surface area contributed by atoms with Gasteiger partial charge in [-0.3, -0.25) is 9.59 Å². The van der Waals surface area contributed by atoms with Crippen molar-refractivity contribution < 1.29 is 19.4 Å². The zero-order valence-electron chi connectivity index (χ0n) is 29.2. The van der Waals surface area contributed by atoms with Crippen molar-refractivity contribution in [2.24, 2.45) is 44.8 Å². The predicted octanol–water partition coefficient (Wildman–Crippen LogP) is 10.7. The van der Waals surface area contributed by atoms with Crippen molar-refractivity contribution in [2.75, 3.05) is 0 Å². The van der Waals surface area contributed by atoms with Crippen LogP contribution in [0, 0.1) is 44.8 Å². The Labute approximate surface area is 271 Å². The van der Waals surface area contributed by atoms with Crippen molar-refractivity contribution in [3.05, 3.63) is 11.1 Å². The summed E-state index contributed by atoms with van der Waals surface area (Å²) in [5, 5.41) is 8.26. The first-order valence-corrected chi connectivity index (χ1v) is 19.5. The van der Waals surface area contributed by atoms with Crippen LogP contribution in [0.3, 0.4) is 0 Å². The van der Waals surface area contributed by atoms with Crippen molar-refractivity contribution in [3.8, 4) is 0 Å².